The number of nitrogens with one attached hydrogen (secondary N) is 2. The number of amides is 1. The van der Waals surface area contributed by atoms with Gasteiger partial charge in [0, 0.05) is 16.7 Å². The summed E-state index contributed by atoms with van der Waals surface area (Å²) in [4.78, 5) is 16.3. The number of benzene rings is 1. The molecule has 21 heavy (non-hydrogen) atoms. The fraction of sp³-hybridized carbons (Fsp3) is 0.125. The van der Waals surface area contributed by atoms with Crippen molar-refractivity contribution in [2.45, 2.75) is 6.92 Å². The highest BCUT2D eigenvalue weighted by atomic mass is 79.9. The molecule has 0 bridgehead atoms. The second-order valence-electron chi connectivity index (χ2n) is 4.52. The molecule has 0 aliphatic heterocycles. The molecule has 5 heteroatoms. The van der Waals surface area contributed by atoms with Crippen molar-refractivity contribution in [3.05, 3.63) is 64.9 Å². The van der Waals surface area contributed by atoms with Crippen molar-refractivity contribution >= 4 is 33.2 Å². The van der Waals surface area contributed by atoms with Crippen LogP contribution in [0.2, 0.25) is 0 Å². The molecule has 0 unspecified atom stereocenters. The van der Waals surface area contributed by atoms with Crippen LogP contribution in [0, 0.1) is 6.92 Å². The van der Waals surface area contributed by atoms with E-state index in [1.54, 1.807) is 18.3 Å². The van der Waals surface area contributed by atoms with Crippen molar-refractivity contribution in [2.75, 3.05) is 17.2 Å². The van der Waals surface area contributed by atoms with Crippen molar-refractivity contribution in [1.82, 2.24) is 4.98 Å². The molecule has 0 spiro atoms. The first kappa shape index (κ1) is 15.3. The minimum Gasteiger partial charge on any atom is -0.380 e. The number of aromatic nitrogens is 1. The Balaban J connectivity index is 2.05. The summed E-state index contributed by atoms with van der Waals surface area (Å²) in [5.41, 5.74) is 3.03. The number of hydrogen-bond acceptors (Lipinski definition) is 3. The number of rotatable bonds is 5. The van der Waals surface area contributed by atoms with Crippen LogP contribution in [-0.2, 0) is 0 Å². The Kier molecular flexibility index (Phi) is 5.11. The van der Waals surface area contributed by atoms with Crippen molar-refractivity contribution in [3.8, 4) is 0 Å². The highest BCUT2D eigenvalue weighted by molar-refractivity contribution is 9.10. The summed E-state index contributed by atoms with van der Waals surface area (Å²) in [7, 11) is 0. The zero-order valence-electron chi connectivity index (χ0n) is 11.7. The van der Waals surface area contributed by atoms with Crippen LogP contribution >= 0.6 is 15.9 Å². The maximum Gasteiger partial charge on any atom is 0.274 e. The number of nitrogens with zero attached hydrogens (tertiary/aromatic N) is 1. The van der Waals surface area contributed by atoms with Crippen LogP contribution in [-0.4, -0.2) is 17.4 Å². The maximum atomic E-state index is 12.1. The van der Waals surface area contributed by atoms with Crippen molar-refractivity contribution < 1.29 is 4.79 Å². The Bertz CT molecular complexity index is 653. The van der Waals surface area contributed by atoms with E-state index in [4.69, 9.17) is 0 Å². The normalized spacial score (nSPS) is 10.0. The lowest BCUT2D eigenvalue weighted by Gasteiger charge is -2.07. The minimum absolute atomic E-state index is 0.230. The number of carbonyl (C=O) groups is 1. The van der Waals surface area contributed by atoms with Crippen molar-refractivity contribution in [2.24, 2.45) is 0 Å². The Morgan fingerprint density at radius 2 is 2.10 bits per heavy atom. The van der Waals surface area contributed by atoms with Crippen LogP contribution < -0.4 is 10.6 Å². The number of pyridine rings is 1. The van der Waals surface area contributed by atoms with Crippen LogP contribution in [0.15, 0.2) is 53.7 Å². The molecule has 0 atom stereocenters. The van der Waals surface area contributed by atoms with Crippen LogP contribution in [0.3, 0.4) is 0 Å². The third kappa shape index (κ3) is 4.16. The molecule has 0 saturated carbocycles. The molecule has 0 fully saturated rings. The fourth-order valence-corrected chi connectivity index (χ4v) is 1.99. The summed E-state index contributed by atoms with van der Waals surface area (Å²) in [5.74, 6) is -0.230. The van der Waals surface area contributed by atoms with E-state index >= 15 is 0 Å². The van der Waals surface area contributed by atoms with E-state index in [0.29, 0.717) is 12.2 Å². The smallest absolute Gasteiger partial charge is 0.274 e. The molecule has 1 aromatic heterocycles. The van der Waals surface area contributed by atoms with E-state index in [9.17, 15) is 4.79 Å². The number of carbonyl (C=O) groups excluding carboxylic acids is 1. The van der Waals surface area contributed by atoms with E-state index in [1.165, 1.54) is 0 Å². The monoisotopic (exact) mass is 345 g/mol. The molecule has 2 N–H and O–H groups in total. The molecule has 1 heterocycles. The Hall–Kier alpha value is -2.14. The minimum atomic E-state index is -0.230. The van der Waals surface area contributed by atoms with E-state index in [-0.39, 0.29) is 5.91 Å². The quantitative estimate of drug-likeness (QED) is 0.805. The van der Waals surface area contributed by atoms with E-state index < -0.39 is 0 Å². The summed E-state index contributed by atoms with van der Waals surface area (Å²) in [6.07, 6.45) is 3.39. The lowest BCUT2D eigenvalue weighted by Crippen LogP contribution is -2.13. The molecule has 0 saturated heterocycles. The average Bonchev–Trinajstić information content (AvgIpc) is 2.49. The van der Waals surface area contributed by atoms with E-state index in [0.717, 1.165) is 21.4 Å². The number of anilines is 2. The topological polar surface area (TPSA) is 54.0 Å². The highest BCUT2D eigenvalue weighted by Crippen LogP contribution is 2.20. The van der Waals surface area contributed by atoms with Gasteiger partial charge in [-0.05, 0) is 42.8 Å². The van der Waals surface area contributed by atoms with Gasteiger partial charge in [0.2, 0.25) is 0 Å². The first-order valence-corrected chi connectivity index (χ1v) is 7.28. The Morgan fingerprint density at radius 1 is 1.33 bits per heavy atom. The molecule has 0 aliphatic rings. The van der Waals surface area contributed by atoms with Crippen LogP contribution in [0.4, 0.5) is 11.4 Å². The van der Waals surface area contributed by atoms with E-state index in [1.807, 2.05) is 31.2 Å². The molecule has 1 amide bonds. The van der Waals surface area contributed by atoms with Crippen LogP contribution in [0.1, 0.15) is 16.1 Å². The predicted octanol–water partition coefficient (Wildman–Crippen LogP) is 4.00. The fourth-order valence-electron chi connectivity index (χ4n) is 1.74. The second kappa shape index (κ2) is 7.04. The van der Waals surface area contributed by atoms with Gasteiger partial charge in [-0.15, -0.1) is 6.58 Å². The zero-order valence-corrected chi connectivity index (χ0v) is 13.3. The lowest BCUT2D eigenvalue weighted by molar-refractivity contribution is 0.102. The molecular formula is C16H16BrN3O. The number of aryl methyl sites for hydroxylation is 1. The summed E-state index contributed by atoms with van der Waals surface area (Å²) < 4.78 is 1.01. The molecule has 2 rings (SSSR count). The summed E-state index contributed by atoms with van der Waals surface area (Å²) >= 11 is 3.43. The standard InChI is InChI=1S/C16H16BrN3O/c1-3-8-18-13-5-7-15(19-10-13)16(21)20-12-4-6-14(17)11(2)9-12/h3-7,9-10,18H,1,8H2,2H3,(H,20,21). The Morgan fingerprint density at radius 3 is 2.71 bits per heavy atom. The first-order valence-electron chi connectivity index (χ1n) is 6.48. The highest BCUT2D eigenvalue weighted by Gasteiger charge is 2.08. The molecule has 0 aliphatic carbocycles. The largest absolute Gasteiger partial charge is 0.380 e. The molecule has 0 radical (unpaired) electrons. The summed E-state index contributed by atoms with van der Waals surface area (Å²) in [5, 5.41) is 5.94. The predicted molar refractivity (Wildman–Crippen MR) is 89.8 cm³/mol. The van der Waals surface area contributed by atoms with Crippen LogP contribution in [0.5, 0.6) is 0 Å². The lowest BCUT2D eigenvalue weighted by atomic mass is 10.2. The van der Waals surface area contributed by atoms with Gasteiger partial charge in [-0.25, -0.2) is 4.98 Å². The van der Waals surface area contributed by atoms with Gasteiger partial charge >= 0.3 is 0 Å². The zero-order chi connectivity index (χ0) is 15.2. The second-order valence-corrected chi connectivity index (χ2v) is 5.37. The van der Waals surface area contributed by atoms with Crippen molar-refractivity contribution in [3.63, 3.8) is 0 Å². The van der Waals surface area contributed by atoms with Gasteiger partial charge < -0.3 is 10.6 Å². The molecule has 2 aromatic rings. The molecule has 108 valence electrons. The SMILES string of the molecule is C=CCNc1ccc(C(=O)Nc2ccc(Br)c(C)c2)nc1. The summed E-state index contributed by atoms with van der Waals surface area (Å²) in [6, 6.07) is 9.16. The van der Waals surface area contributed by atoms with Crippen LogP contribution in [0.25, 0.3) is 0 Å². The van der Waals surface area contributed by atoms with Gasteiger partial charge in [0.1, 0.15) is 5.69 Å². The van der Waals surface area contributed by atoms with Gasteiger partial charge in [0.05, 0.1) is 11.9 Å². The Labute approximate surface area is 132 Å². The molecule has 1 aromatic carbocycles. The first-order chi connectivity index (χ1) is 10.1. The molecule has 4 nitrogen and oxygen atoms in total. The summed E-state index contributed by atoms with van der Waals surface area (Å²) in [6.45, 7) is 6.26. The number of hydrogen-bond donors (Lipinski definition) is 2. The van der Waals surface area contributed by atoms with E-state index in [2.05, 4.69) is 38.1 Å². The number of halogens is 1. The average molecular weight is 346 g/mol. The van der Waals surface area contributed by atoms with Gasteiger partial charge in [-0.3, -0.25) is 4.79 Å². The molecular weight excluding hydrogens is 330 g/mol. The third-order valence-electron chi connectivity index (χ3n) is 2.86. The van der Waals surface area contributed by atoms with Gasteiger partial charge in [-0.2, -0.15) is 0 Å². The van der Waals surface area contributed by atoms with Gasteiger partial charge in [0.25, 0.3) is 5.91 Å². The van der Waals surface area contributed by atoms with Gasteiger partial charge in [0.15, 0.2) is 0 Å². The third-order valence-corrected chi connectivity index (χ3v) is 3.75. The van der Waals surface area contributed by atoms with Crippen molar-refractivity contribution in [1.29, 1.82) is 0 Å². The maximum absolute atomic E-state index is 12.1. The van der Waals surface area contributed by atoms with Gasteiger partial charge in [-0.1, -0.05) is 22.0 Å².